The molecule has 4 heteroatoms. The predicted molar refractivity (Wildman–Crippen MR) is 112 cm³/mol. The highest BCUT2D eigenvalue weighted by molar-refractivity contribution is 6.42. The van der Waals surface area contributed by atoms with Gasteiger partial charge in [0.25, 0.3) is 0 Å². The van der Waals surface area contributed by atoms with Gasteiger partial charge >= 0.3 is 0 Å². The summed E-state index contributed by atoms with van der Waals surface area (Å²) in [5.41, 5.74) is 6.14. The van der Waals surface area contributed by atoms with E-state index >= 15 is 0 Å². The molecule has 0 radical (unpaired) electrons. The van der Waals surface area contributed by atoms with E-state index in [1.807, 2.05) is 60.7 Å². The molecule has 0 atom stereocenters. The molecule has 2 aromatic rings. The molecule has 0 saturated heterocycles. The van der Waals surface area contributed by atoms with E-state index in [1.54, 1.807) is 0 Å². The Hall–Kier alpha value is -1.77. The van der Waals surface area contributed by atoms with Crippen molar-refractivity contribution in [2.24, 2.45) is 5.10 Å². The van der Waals surface area contributed by atoms with Crippen LogP contribution in [0.3, 0.4) is 0 Å². The van der Waals surface area contributed by atoms with E-state index in [2.05, 4.69) is 17.5 Å². The topological polar surface area (TPSA) is 24.4 Å². The third-order valence-corrected chi connectivity index (χ3v) is 4.54. The van der Waals surface area contributed by atoms with Crippen molar-refractivity contribution in [2.75, 3.05) is 5.43 Å². The van der Waals surface area contributed by atoms with E-state index < -0.39 is 0 Å². The zero-order chi connectivity index (χ0) is 17.9. The van der Waals surface area contributed by atoms with Gasteiger partial charge in [-0.1, -0.05) is 79.7 Å². The number of hydrogen-bond donors (Lipinski definition) is 1. The van der Waals surface area contributed by atoms with Crippen LogP contribution < -0.4 is 5.43 Å². The molecule has 0 unspecified atom stereocenters. The van der Waals surface area contributed by atoms with Gasteiger partial charge in [-0.3, -0.25) is 5.43 Å². The van der Waals surface area contributed by atoms with Crippen LogP contribution in [-0.4, -0.2) is 5.71 Å². The summed E-state index contributed by atoms with van der Waals surface area (Å²) in [7, 11) is 0. The Kier molecular flexibility index (Phi) is 8.58. The summed E-state index contributed by atoms with van der Waals surface area (Å²) in [6.07, 6.45) is 9.85. The molecular weight excluding hydrogens is 351 g/mol. The van der Waals surface area contributed by atoms with Gasteiger partial charge in [-0.15, -0.1) is 0 Å². The standard InChI is InChI=1S/C21H24Cl2N2/c1-2-3-4-6-11-19(25-24-18-9-7-5-8-10-18)14-12-17-13-15-20(22)21(23)16-17/h5,7-10,12-16,24H,2-4,6,11H2,1H3/b14-12+,25-19?. The van der Waals surface area contributed by atoms with Crippen LogP contribution in [-0.2, 0) is 0 Å². The van der Waals surface area contributed by atoms with Crippen molar-refractivity contribution in [1.82, 2.24) is 0 Å². The average Bonchev–Trinajstić information content (AvgIpc) is 2.64. The fraction of sp³-hybridized carbons (Fsp3) is 0.286. The highest BCUT2D eigenvalue weighted by Crippen LogP contribution is 2.23. The molecule has 0 aromatic heterocycles. The monoisotopic (exact) mass is 374 g/mol. The zero-order valence-corrected chi connectivity index (χ0v) is 16.0. The molecule has 0 heterocycles. The maximum Gasteiger partial charge on any atom is 0.0607 e. The number of nitrogens with zero attached hydrogens (tertiary/aromatic N) is 1. The van der Waals surface area contributed by atoms with Crippen LogP contribution in [0.1, 0.15) is 44.6 Å². The third kappa shape index (κ3) is 7.33. The minimum absolute atomic E-state index is 0.563. The SMILES string of the molecule is CCCCCCC(/C=C/c1ccc(Cl)c(Cl)c1)=NNc1ccccc1. The van der Waals surface area contributed by atoms with Gasteiger partial charge in [0.05, 0.1) is 21.4 Å². The van der Waals surface area contributed by atoms with Crippen LogP contribution in [0.2, 0.25) is 10.0 Å². The van der Waals surface area contributed by atoms with E-state index in [0.29, 0.717) is 10.0 Å². The summed E-state index contributed by atoms with van der Waals surface area (Å²) < 4.78 is 0. The Morgan fingerprint density at radius 1 is 1.00 bits per heavy atom. The molecule has 2 aromatic carbocycles. The lowest BCUT2D eigenvalue weighted by Gasteiger charge is -2.05. The number of nitrogens with one attached hydrogen (secondary N) is 1. The molecule has 0 aliphatic rings. The molecule has 0 fully saturated rings. The van der Waals surface area contributed by atoms with Gasteiger partial charge in [0.2, 0.25) is 0 Å². The van der Waals surface area contributed by atoms with Gasteiger partial charge in [-0.05, 0) is 48.7 Å². The fourth-order valence-corrected chi connectivity index (χ4v) is 2.67. The second-order valence-electron chi connectivity index (χ2n) is 5.90. The van der Waals surface area contributed by atoms with Crippen molar-refractivity contribution in [2.45, 2.75) is 39.0 Å². The first-order valence-corrected chi connectivity index (χ1v) is 9.45. The van der Waals surface area contributed by atoms with Crippen molar-refractivity contribution in [3.05, 3.63) is 70.2 Å². The van der Waals surface area contributed by atoms with Gasteiger partial charge in [0.1, 0.15) is 0 Å². The molecule has 0 saturated carbocycles. The molecule has 0 aliphatic heterocycles. The van der Waals surface area contributed by atoms with E-state index in [1.165, 1.54) is 19.3 Å². The Labute approximate surface area is 160 Å². The number of hydrazone groups is 1. The number of rotatable bonds is 9. The number of anilines is 1. The summed E-state index contributed by atoms with van der Waals surface area (Å²) in [5, 5.41) is 5.70. The first-order chi connectivity index (χ1) is 12.2. The summed E-state index contributed by atoms with van der Waals surface area (Å²) in [6.45, 7) is 2.22. The third-order valence-electron chi connectivity index (χ3n) is 3.80. The Bertz CT molecular complexity index is 709. The van der Waals surface area contributed by atoms with Crippen LogP contribution in [0.4, 0.5) is 5.69 Å². The number of halogens is 2. The Morgan fingerprint density at radius 2 is 1.80 bits per heavy atom. The summed E-state index contributed by atoms with van der Waals surface area (Å²) in [5.74, 6) is 0. The lowest BCUT2D eigenvalue weighted by atomic mass is 10.1. The van der Waals surface area contributed by atoms with E-state index in [0.717, 1.165) is 29.8 Å². The van der Waals surface area contributed by atoms with Gasteiger partial charge in [-0.25, -0.2) is 0 Å². The Morgan fingerprint density at radius 3 is 2.52 bits per heavy atom. The van der Waals surface area contributed by atoms with Crippen LogP contribution in [0, 0.1) is 0 Å². The van der Waals surface area contributed by atoms with Crippen LogP contribution in [0.15, 0.2) is 59.7 Å². The molecule has 0 spiro atoms. The van der Waals surface area contributed by atoms with Crippen molar-refractivity contribution >= 4 is 40.7 Å². The van der Waals surface area contributed by atoms with Crippen molar-refractivity contribution < 1.29 is 0 Å². The molecule has 0 aliphatic carbocycles. The lowest BCUT2D eigenvalue weighted by molar-refractivity contribution is 0.683. The maximum atomic E-state index is 6.08. The van der Waals surface area contributed by atoms with Crippen LogP contribution in [0.5, 0.6) is 0 Å². The number of benzene rings is 2. The Balaban J connectivity index is 2.06. The minimum atomic E-state index is 0.563. The first-order valence-electron chi connectivity index (χ1n) is 8.70. The van der Waals surface area contributed by atoms with E-state index in [-0.39, 0.29) is 0 Å². The normalized spacial score (nSPS) is 11.9. The second-order valence-corrected chi connectivity index (χ2v) is 6.71. The number of allylic oxidation sites excluding steroid dienone is 1. The van der Waals surface area contributed by atoms with Gasteiger partial charge < -0.3 is 0 Å². The molecule has 0 bridgehead atoms. The lowest BCUT2D eigenvalue weighted by Crippen LogP contribution is -1.99. The van der Waals surface area contributed by atoms with Crippen molar-refractivity contribution in [1.29, 1.82) is 0 Å². The van der Waals surface area contributed by atoms with Gasteiger partial charge in [0, 0.05) is 0 Å². The highest BCUT2D eigenvalue weighted by Gasteiger charge is 1.99. The van der Waals surface area contributed by atoms with Gasteiger partial charge in [0.15, 0.2) is 0 Å². The van der Waals surface area contributed by atoms with Crippen molar-refractivity contribution in [3.63, 3.8) is 0 Å². The number of unbranched alkanes of at least 4 members (excludes halogenated alkanes) is 3. The average molecular weight is 375 g/mol. The molecular formula is C21H24Cl2N2. The summed E-state index contributed by atoms with van der Waals surface area (Å²) in [4.78, 5) is 0. The highest BCUT2D eigenvalue weighted by atomic mass is 35.5. The smallest absolute Gasteiger partial charge is 0.0607 e. The molecule has 2 nitrogen and oxygen atoms in total. The van der Waals surface area contributed by atoms with Crippen LogP contribution >= 0.6 is 23.2 Å². The number of para-hydroxylation sites is 1. The largest absolute Gasteiger partial charge is 0.278 e. The van der Waals surface area contributed by atoms with Gasteiger partial charge in [-0.2, -0.15) is 5.10 Å². The summed E-state index contributed by atoms with van der Waals surface area (Å²) >= 11 is 12.0. The molecule has 25 heavy (non-hydrogen) atoms. The summed E-state index contributed by atoms with van der Waals surface area (Å²) in [6, 6.07) is 15.6. The maximum absolute atomic E-state index is 6.08. The fourth-order valence-electron chi connectivity index (χ4n) is 2.37. The molecule has 132 valence electrons. The first kappa shape index (κ1) is 19.6. The van der Waals surface area contributed by atoms with E-state index in [4.69, 9.17) is 23.2 Å². The number of hydrogen-bond acceptors (Lipinski definition) is 2. The van der Waals surface area contributed by atoms with Crippen molar-refractivity contribution in [3.8, 4) is 0 Å². The molecule has 2 rings (SSSR count). The quantitative estimate of drug-likeness (QED) is 0.275. The van der Waals surface area contributed by atoms with Crippen LogP contribution in [0.25, 0.3) is 6.08 Å². The minimum Gasteiger partial charge on any atom is -0.278 e. The second kappa shape index (κ2) is 11.0. The predicted octanol–water partition coefficient (Wildman–Crippen LogP) is 7.45. The molecule has 1 N–H and O–H groups in total. The van der Waals surface area contributed by atoms with E-state index in [9.17, 15) is 0 Å². The molecule has 0 amide bonds. The zero-order valence-electron chi connectivity index (χ0n) is 14.5.